The average molecular weight is 265 g/mol. The maximum atomic E-state index is 11.6. The Kier molecular flexibility index (Phi) is 6.60. The Morgan fingerprint density at radius 2 is 1.79 bits per heavy atom. The normalized spacial score (nSPS) is 11.8. The second-order valence-electron chi connectivity index (χ2n) is 4.36. The minimum atomic E-state index is -1.05. The lowest BCUT2D eigenvalue weighted by molar-refractivity contribution is -0.137. The highest BCUT2D eigenvalue weighted by Crippen LogP contribution is 2.09. The fourth-order valence-electron chi connectivity index (χ4n) is 1.67. The highest BCUT2D eigenvalue weighted by atomic mass is 16.4. The fourth-order valence-corrected chi connectivity index (χ4v) is 1.67. The first-order chi connectivity index (χ1) is 9.09. The Morgan fingerprint density at radius 3 is 2.42 bits per heavy atom. The molecule has 1 amide bonds. The van der Waals surface area contributed by atoms with Crippen molar-refractivity contribution < 1.29 is 19.8 Å². The molecule has 1 atom stereocenters. The molecule has 0 radical (unpaired) electrons. The Morgan fingerprint density at radius 1 is 1.11 bits per heavy atom. The van der Waals surface area contributed by atoms with E-state index in [0.717, 1.165) is 0 Å². The molecule has 5 nitrogen and oxygen atoms in total. The van der Waals surface area contributed by atoms with Crippen molar-refractivity contribution in [2.24, 2.45) is 0 Å². The van der Waals surface area contributed by atoms with Crippen molar-refractivity contribution in [3.05, 3.63) is 30.3 Å². The van der Waals surface area contributed by atoms with Gasteiger partial charge in [0.2, 0.25) is 0 Å². The number of benzene rings is 1. The molecule has 0 aliphatic rings. The molecule has 0 saturated heterocycles. The summed E-state index contributed by atoms with van der Waals surface area (Å²) < 4.78 is 0. The smallest absolute Gasteiger partial charge is 0.303 e. The maximum Gasteiger partial charge on any atom is 0.303 e. The van der Waals surface area contributed by atoms with E-state index in [-0.39, 0.29) is 6.42 Å². The van der Waals surface area contributed by atoms with Gasteiger partial charge in [0.15, 0.2) is 0 Å². The van der Waals surface area contributed by atoms with Crippen LogP contribution in [0.3, 0.4) is 0 Å². The molecule has 0 fully saturated rings. The van der Waals surface area contributed by atoms with Crippen molar-refractivity contribution in [1.82, 2.24) is 0 Å². The number of carbonyl (C=O) groups excluding carboxylic acids is 1. The van der Waals surface area contributed by atoms with E-state index in [2.05, 4.69) is 5.32 Å². The Labute approximate surface area is 112 Å². The first-order valence-corrected chi connectivity index (χ1v) is 6.35. The van der Waals surface area contributed by atoms with Gasteiger partial charge in [-0.05, 0) is 25.0 Å². The molecule has 5 heteroatoms. The van der Waals surface area contributed by atoms with Gasteiger partial charge >= 0.3 is 5.97 Å². The van der Waals surface area contributed by atoms with E-state index in [0.29, 0.717) is 31.4 Å². The van der Waals surface area contributed by atoms with Crippen LogP contribution in [0.2, 0.25) is 0 Å². The molecule has 0 unspecified atom stereocenters. The van der Waals surface area contributed by atoms with Crippen molar-refractivity contribution in [3.8, 4) is 0 Å². The van der Waals surface area contributed by atoms with Crippen LogP contribution in [0.25, 0.3) is 0 Å². The monoisotopic (exact) mass is 265 g/mol. The molecule has 0 saturated carbocycles. The number of aliphatic carboxylic acids is 1. The minimum absolute atomic E-state index is 0.131. The van der Waals surface area contributed by atoms with E-state index in [4.69, 9.17) is 5.11 Å². The molecule has 0 aromatic heterocycles. The van der Waals surface area contributed by atoms with Crippen molar-refractivity contribution in [3.63, 3.8) is 0 Å². The van der Waals surface area contributed by atoms with E-state index in [9.17, 15) is 14.7 Å². The maximum absolute atomic E-state index is 11.6. The lowest BCUT2D eigenvalue weighted by Crippen LogP contribution is -2.27. The standard InChI is InChI=1S/C14H19NO4/c16-12(9-5-2-6-10-13(17)18)14(19)15-11-7-3-1-4-8-11/h1,3-4,7-8,12,16H,2,5-6,9-10H2,(H,15,19)(H,17,18)/t12-/m0/s1. The fraction of sp³-hybridized carbons (Fsp3) is 0.429. The summed E-state index contributed by atoms with van der Waals surface area (Å²) in [6.45, 7) is 0. The largest absolute Gasteiger partial charge is 0.481 e. The third kappa shape index (κ3) is 6.57. The Bertz CT molecular complexity index is 405. The van der Waals surface area contributed by atoms with Gasteiger partial charge in [-0.15, -0.1) is 0 Å². The van der Waals surface area contributed by atoms with Crippen LogP contribution in [-0.4, -0.2) is 28.2 Å². The van der Waals surface area contributed by atoms with Crippen LogP contribution in [0.1, 0.15) is 32.1 Å². The zero-order chi connectivity index (χ0) is 14.1. The van der Waals surface area contributed by atoms with Gasteiger partial charge in [0.1, 0.15) is 6.10 Å². The van der Waals surface area contributed by atoms with Gasteiger partial charge in [0, 0.05) is 12.1 Å². The minimum Gasteiger partial charge on any atom is -0.481 e. The summed E-state index contributed by atoms with van der Waals surface area (Å²) in [6, 6.07) is 8.94. The number of carbonyl (C=O) groups is 2. The van der Waals surface area contributed by atoms with Gasteiger partial charge < -0.3 is 15.5 Å². The highest BCUT2D eigenvalue weighted by molar-refractivity contribution is 5.93. The van der Waals surface area contributed by atoms with Crippen LogP contribution < -0.4 is 5.32 Å². The van der Waals surface area contributed by atoms with Crippen LogP contribution in [0.15, 0.2) is 30.3 Å². The van der Waals surface area contributed by atoms with E-state index in [1.54, 1.807) is 24.3 Å². The lowest BCUT2D eigenvalue weighted by Gasteiger charge is -2.11. The first-order valence-electron chi connectivity index (χ1n) is 6.35. The number of amides is 1. The van der Waals surface area contributed by atoms with E-state index in [1.807, 2.05) is 6.07 Å². The van der Waals surface area contributed by atoms with Crippen molar-refractivity contribution in [2.45, 2.75) is 38.2 Å². The van der Waals surface area contributed by atoms with Gasteiger partial charge in [-0.2, -0.15) is 0 Å². The van der Waals surface area contributed by atoms with Crippen LogP contribution >= 0.6 is 0 Å². The summed E-state index contributed by atoms with van der Waals surface area (Å²) in [4.78, 5) is 21.9. The molecule has 1 aromatic rings. The molecule has 0 bridgehead atoms. The molecule has 0 aliphatic heterocycles. The lowest BCUT2D eigenvalue weighted by atomic mass is 10.1. The summed E-state index contributed by atoms with van der Waals surface area (Å²) in [6.07, 6.45) is 1.33. The second-order valence-corrected chi connectivity index (χ2v) is 4.36. The topological polar surface area (TPSA) is 86.6 Å². The number of carboxylic acid groups (broad SMARTS) is 1. The molecule has 1 aromatic carbocycles. The SMILES string of the molecule is O=C(O)CCCCC[C@H](O)C(=O)Nc1ccccc1. The first kappa shape index (κ1) is 15.2. The molecular weight excluding hydrogens is 246 g/mol. The number of anilines is 1. The predicted octanol–water partition coefficient (Wildman–Crippen LogP) is 2.02. The second kappa shape index (κ2) is 8.26. The summed E-state index contributed by atoms with van der Waals surface area (Å²) in [5.74, 6) is -1.24. The van der Waals surface area contributed by atoms with Gasteiger partial charge in [-0.1, -0.05) is 31.0 Å². The van der Waals surface area contributed by atoms with Gasteiger partial charge in [0.05, 0.1) is 0 Å². The summed E-state index contributed by atoms with van der Waals surface area (Å²) in [5.41, 5.74) is 0.650. The van der Waals surface area contributed by atoms with Crippen molar-refractivity contribution in [2.75, 3.05) is 5.32 Å². The van der Waals surface area contributed by atoms with Crippen molar-refractivity contribution in [1.29, 1.82) is 0 Å². The molecule has 0 heterocycles. The third-order valence-corrected chi connectivity index (χ3v) is 2.71. The highest BCUT2D eigenvalue weighted by Gasteiger charge is 2.14. The van der Waals surface area contributed by atoms with Gasteiger partial charge in [-0.25, -0.2) is 0 Å². The zero-order valence-corrected chi connectivity index (χ0v) is 10.7. The quantitative estimate of drug-likeness (QED) is 0.628. The number of hydrogen-bond acceptors (Lipinski definition) is 3. The Hall–Kier alpha value is -1.88. The van der Waals surface area contributed by atoms with Gasteiger partial charge in [-0.3, -0.25) is 9.59 Å². The van der Waals surface area contributed by atoms with Crippen LogP contribution in [0, 0.1) is 0 Å². The number of hydrogen-bond donors (Lipinski definition) is 3. The predicted molar refractivity (Wildman–Crippen MR) is 71.8 cm³/mol. The third-order valence-electron chi connectivity index (χ3n) is 2.71. The number of carboxylic acids is 1. The Balaban J connectivity index is 2.20. The summed E-state index contributed by atoms with van der Waals surface area (Å²) >= 11 is 0. The van der Waals surface area contributed by atoms with Crippen LogP contribution in [0.5, 0.6) is 0 Å². The zero-order valence-electron chi connectivity index (χ0n) is 10.7. The molecule has 104 valence electrons. The number of unbranched alkanes of at least 4 members (excludes halogenated alkanes) is 2. The number of para-hydroxylation sites is 1. The summed E-state index contributed by atoms with van der Waals surface area (Å²) in [5, 5.41) is 20.7. The molecule has 0 aliphatic carbocycles. The van der Waals surface area contributed by atoms with Crippen LogP contribution in [0.4, 0.5) is 5.69 Å². The van der Waals surface area contributed by atoms with Crippen molar-refractivity contribution >= 4 is 17.6 Å². The molecule has 0 spiro atoms. The molecule has 19 heavy (non-hydrogen) atoms. The number of rotatable bonds is 8. The van der Waals surface area contributed by atoms with E-state index >= 15 is 0 Å². The number of nitrogens with one attached hydrogen (secondary N) is 1. The number of aliphatic hydroxyl groups is 1. The average Bonchev–Trinajstić information content (AvgIpc) is 2.38. The van der Waals surface area contributed by atoms with Crippen LogP contribution in [-0.2, 0) is 9.59 Å². The van der Waals surface area contributed by atoms with Gasteiger partial charge in [0.25, 0.3) is 5.91 Å². The number of aliphatic hydroxyl groups excluding tert-OH is 1. The molecule has 3 N–H and O–H groups in total. The van der Waals surface area contributed by atoms with E-state index < -0.39 is 18.0 Å². The summed E-state index contributed by atoms with van der Waals surface area (Å²) in [7, 11) is 0. The van der Waals surface area contributed by atoms with E-state index in [1.165, 1.54) is 0 Å². The molecular formula is C14H19NO4. The molecule has 1 rings (SSSR count).